The Balaban J connectivity index is 0.000000628. The van der Waals surface area contributed by atoms with E-state index in [0.717, 1.165) is 38.8 Å². The number of rotatable bonds is 6. The zero-order valence-corrected chi connectivity index (χ0v) is 18.1. The summed E-state index contributed by atoms with van der Waals surface area (Å²) in [7, 11) is 2.16. The summed E-state index contributed by atoms with van der Waals surface area (Å²) in [5.74, 6) is 0.222. The smallest absolute Gasteiger partial charge is 0.300 e. The molecule has 0 bridgehead atoms. The summed E-state index contributed by atoms with van der Waals surface area (Å²) in [5.41, 5.74) is 6.44. The molecule has 31 heavy (non-hydrogen) atoms. The van der Waals surface area contributed by atoms with E-state index < -0.39 is 5.97 Å². The lowest BCUT2D eigenvalue weighted by molar-refractivity contribution is -0.134. The number of benzene rings is 3. The highest BCUT2D eigenvalue weighted by molar-refractivity contribution is 5.65. The van der Waals surface area contributed by atoms with E-state index in [1.165, 1.54) is 27.8 Å². The number of aliphatic carboxylic acids is 1. The molecule has 4 rings (SSSR count). The molecular formula is C27H29NO3. The molecule has 3 aromatic rings. The first kappa shape index (κ1) is 22.3. The van der Waals surface area contributed by atoms with E-state index in [1.807, 2.05) is 6.07 Å². The standard InChI is InChI=1S/C25H25NO.C2H4O2/c1-26(19-21-11-14-25-24(18-21)15-17-27-25)16-5-6-20-9-12-23(13-10-20)22-7-3-2-4-8-22;1-2(3)4/h2-14,18H,15-17,19H2,1H3;1H3,(H,3,4)/b6-5+;. The van der Waals surface area contributed by atoms with Gasteiger partial charge in [-0.25, -0.2) is 0 Å². The van der Waals surface area contributed by atoms with Crippen molar-refractivity contribution >= 4 is 12.0 Å². The second-order valence-corrected chi connectivity index (χ2v) is 7.65. The summed E-state index contributed by atoms with van der Waals surface area (Å²) in [6, 6.07) is 25.8. The molecule has 0 aromatic heterocycles. The van der Waals surface area contributed by atoms with Crippen LogP contribution in [0.1, 0.15) is 23.6 Å². The molecule has 4 nitrogen and oxygen atoms in total. The van der Waals surface area contributed by atoms with Crippen molar-refractivity contribution in [2.75, 3.05) is 20.2 Å². The summed E-state index contributed by atoms with van der Waals surface area (Å²) in [4.78, 5) is 11.3. The minimum Gasteiger partial charge on any atom is -0.493 e. The third kappa shape index (κ3) is 7.12. The van der Waals surface area contributed by atoms with Gasteiger partial charge in [0.2, 0.25) is 0 Å². The minimum absolute atomic E-state index is 0.820. The Hall–Kier alpha value is -3.37. The Kier molecular flexibility index (Phi) is 8.02. The minimum atomic E-state index is -0.833. The van der Waals surface area contributed by atoms with Crippen molar-refractivity contribution in [3.63, 3.8) is 0 Å². The quantitative estimate of drug-likeness (QED) is 0.576. The van der Waals surface area contributed by atoms with Crippen LogP contribution in [-0.2, 0) is 17.8 Å². The number of carbonyl (C=O) groups is 1. The molecule has 0 saturated heterocycles. The Bertz CT molecular complexity index is 1010. The van der Waals surface area contributed by atoms with Gasteiger partial charge in [0.25, 0.3) is 5.97 Å². The van der Waals surface area contributed by atoms with Gasteiger partial charge in [-0.15, -0.1) is 0 Å². The third-order valence-electron chi connectivity index (χ3n) is 4.95. The molecule has 0 unspecified atom stereocenters. The van der Waals surface area contributed by atoms with Crippen LogP contribution in [-0.4, -0.2) is 36.2 Å². The number of carboxylic acids is 1. The molecule has 0 saturated carbocycles. The van der Waals surface area contributed by atoms with Gasteiger partial charge in [-0.2, -0.15) is 0 Å². The van der Waals surface area contributed by atoms with Gasteiger partial charge in [0.15, 0.2) is 0 Å². The molecule has 0 fully saturated rings. The lowest BCUT2D eigenvalue weighted by Gasteiger charge is -2.15. The average molecular weight is 416 g/mol. The van der Waals surface area contributed by atoms with Crippen LogP contribution in [0.2, 0.25) is 0 Å². The molecule has 1 N–H and O–H groups in total. The fourth-order valence-electron chi connectivity index (χ4n) is 3.50. The number of ether oxygens (including phenoxy) is 1. The van der Waals surface area contributed by atoms with Crippen LogP contribution in [0.5, 0.6) is 5.75 Å². The van der Waals surface area contributed by atoms with Crippen molar-refractivity contribution < 1.29 is 14.6 Å². The zero-order valence-electron chi connectivity index (χ0n) is 18.1. The van der Waals surface area contributed by atoms with Crippen LogP contribution in [0.15, 0.2) is 78.9 Å². The molecule has 3 aromatic carbocycles. The number of hydrogen-bond donors (Lipinski definition) is 1. The van der Waals surface area contributed by atoms with Crippen LogP contribution >= 0.6 is 0 Å². The van der Waals surface area contributed by atoms with Crippen molar-refractivity contribution in [2.24, 2.45) is 0 Å². The first-order valence-corrected chi connectivity index (χ1v) is 10.5. The van der Waals surface area contributed by atoms with Crippen LogP contribution in [0.25, 0.3) is 17.2 Å². The maximum atomic E-state index is 9.00. The molecule has 1 aliphatic rings. The Morgan fingerprint density at radius 1 is 1.03 bits per heavy atom. The average Bonchev–Trinajstić information content (AvgIpc) is 3.22. The highest BCUT2D eigenvalue weighted by Gasteiger charge is 2.12. The van der Waals surface area contributed by atoms with Crippen molar-refractivity contribution in [3.8, 4) is 16.9 Å². The third-order valence-corrected chi connectivity index (χ3v) is 4.95. The second-order valence-electron chi connectivity index (χ2n) is 7.65. The highest BCUT2D eigenvalue weighted by Crippen LogP contribution is 2.26. The number of likely N-dealkylation sites (N-methyl/N-ethyl adjacent to an activating group) is 1. The van der Waals surface area contributed by atoms with Gasteiger partial charge in [0.1, 0.15) is 5.75 Å². The van der Waals surface area contributed by atoms with Crippen molar-refractivity contribution in [3.05, 3.63) is 95.6 Å². The molecule has 0 spiro atoms. The van der Waals surface area contributed by atoms with Gasteiger partial charge in [-0.05, 0) is 40.9 Å². The Morgan fingerprint density at radius 3 is 2.42 bits per heavy atom. The molecule has 1 heterocycles. The summed E-state index contributed by atoms with van der Waals surface area (Å²) < 4.78 is 5.58. The number of hydrogen-bond acceptors (Lipinski definition) is 3. The Labute approximate surface area is 184 Å². The van der Waals surface area contributed by atoms with E-state index >= 15 is 0 Å². The maximum absolute atomic E-state index is 9.00. The van der Waals surface area contributed by atoms with E-state index in [1.54, 1.807) is 0 Å². The topological polar surface area (TPSA) is 49.8 Å². The first-order chi connectivity index (χ1) is 15.0. The molecule has 1 aliphatic heterocycles. The summed E-state index contributed by atoms with van der Waals surface area (Å²) in [6.07, 6.45) is 5.46. The molecular weight excluding hydrogens is 386 g/mol. The number of nitrogens with zero attached hydrogens (tertiary/aromatic N) is 1. The van der Waals surface area contributed by atoms with E-state index in [4.69, 9.17) is 14.6 Å². The molecule has 160 valence electrons. The van der Waals surface area contributed by atoms with Gasteiger partial charge >= 0.3 is 0 Å². The van der Waals surface area contributed by atoms with Gasteiger partial charge in [0.05, 0.1) is 6.61 Å². The van der Waals surface area contributed by atoms with Gasteiger partial charge in [0, 0.05) is 26.4 Å². The molecule has 0 atom stereocenters. The first-order valence-electron chi connectivity index (χ1n) is 10.5. The van der Waals surface area contributed by atoms with E-state index in [-0.39, 0.29) is 0 Å². The van der Waals surface area contributed by atoms with Crippen LogP contribution in [0.4, 0.5) is 0 Å². The predicted molar refractivity (Wildman–Crippen MR) is 126 cm³/mol. The fourth-order valence-corrected chi connectivity index (χ4v) is 3.50. The summed E-state index contributed by atoms with van der Waals surface area (Å²) in [5, 5.41) is 7.42. The largest absolute Gasteiger partial charge is 0.493 e. The van der Waals surface area contributed by atoms with Crippen molar-refractivity contribution in [1.29, 1.82) is 0 Å². The van der Waals surface area contributed by atoms with Crippen LogP contribution in [0, 0.1) is 0 Å². The summed E-state index contributed by atoms with van der Waals surface area (Å²) >= 11 is 0. The van der Waals surface area contributed by atoms with Crippen molar-refractivity contribution in [1.82, 2.24) is 4.90 Å². The monoisotopic (exact) mass is 415 g/mol. The highest BCUT2D eigenvalue weighted by atomic mass is 16.5. The lowest BCUT2D eigenvalue weighted by atomic mass is 10.0. The molecule has 0 amide bonds. The van der Waals surface area contributed by atoms with Crippen LogP contribution in [0.3, 0.4) is 0 Å². The molecule has 0 aliphatic carbocycles. The zero-order chi connectivity index (χ0) is 22.1. The second kappa shape index (κ2) is 11.1. The molecule has 4 heteroatoms. The van der Waals surface area contributed by atoms with E-state index in [2.05, 4.69) is 90.8 Å². The predicted octanol–water partition coefficient (Wildman–Crippen LogP) is 5.52. The number of carboxylic acid groups (broad SMARTS) is 1. The number of fused-ring (bicyclic) bond motifs is 1. The summed E-state index contributed by atoms with van der Waals surface area (Å²) in [6.45, 7) is 3.78. The fraction of sp³-hybridized carbons (Fsp3) is 0.222. The van der Waals surface area contributed by atoms with Crippen molar-refractivity contribution in [2.45, 2.75) is 19.9 Å². The van der Waals surface area contributed by atoms with Gasteiger partial charge in [-0.1, -0.05) is 78.9 Å². The van der Waals surface area contributed by atoms with Gasteiger partial charge < -0.3 is 9.84 Å². The lowest BCUT2D eigenvalue weighted by Crippen LogP contribution is -2.17. The Morgan fingerprint density at radius 2 is 1.71 bits per heavy atom. The van der Waals surface area contributed by atoms with E-state index in [9.17, 15) is 0 Å². The maximum Gasteiger partial charge on any atom is 0.300 e. The SMILES string of the molecule is CC(=O)O.CN(C/C=C/c1ccc(-c2ccccc2)cc1)Cc1ccc2c(c1)CCO2. The van der Waals surface area contributed by atoms with Gasteiger partial charge in [-0.3, -0.25) is 9.69 Å². The normalized spacial score (nSPS) is 12.2. The van der Waals surface area contributed by atoms with Crippen LogP contribution < -0.4 is 4.74 Å². The van der Waals surface area contributed by atoms with E-state index in [0.29, 0.717) is 0 Å². The molecule has 0 radical (unpaired) electrons.